The Morgan fingerprint density at radius 3 is 2.13 bits per heavy atom. The molecule has 1 amide bonds. The highest BCUT2D eigenvalue weighted by Gasteiger charge is 2.50. The van der Waals surface area contributed by atoms with Crippen LogP contribution in [0, 0.1) is 23.1 Å². The van der Waals surface area contributed by atoms with Crippen LogP contribution < -0.4 is 9.64 Å². The molecule has 3 fully saturated rings. The van der Waals surface area contributed by atoms with Gasteiger partial charge in [0.2, 0.25) is 0 Å². The molecule has 0 N–H and O–H groups in total. The van der Waals surface area contributed by atoms with Crippen LogP contribution >= 0.6 is 11.6 Å². The van der Waals surface area contributed by atoms with E-state index < -0.39 is 43.1 Å². The molecule has 5 aromatic carbocycles. The molecule has 4 aliphatic heterocycles. The zero-order valence-corrected chi connectivity index (χ0v) is 46.1. The molecule has 10 rings (SSSR count). The summed E-state index contributed by atoms with van der Waals surface area (Å²) in [5.41, 5.74) is 6.59. The molecule has 4 atom stereocenters. The highest BCUT2D eigenvalue weighted by atomic mass is 35.5. The normalized spacial score (nSPS) is 20.6. The number of alkyl halides is 1. The van der Waals surface area contributed by atoms with Crippen LogP contribution in [0.2, 0.25) is 21.6 Å². The van der Waals surface area contributed by atoms with Gasteiger partial charge in [-0.15, -0.1) is 5.54 Å². The molecule has 0 saturated carbocycles. The molecule has 1 aromatic heterocycles. The highest BCUT2D eigenvalue weighted by molar-refractivity contribution is 6.90. The minimum atomic E-state index is -2.41. The van der Waals surface area contributed by atoms with E-state index >= 15 is 13.2 Å². The zero-order valence-electron chi connectivity index (χ0n) is 44.4. The Kier molecular flexibility index (Phi) is 14.2. The second-order valence-corrected chi connectivity index (χ2v) is 28.8. The first-order valence-electron chi connectivity index (χ1n) is 26.4. The second-order valence-electron chi connectivity index (χ2n) is 22.8. The van der Waals surface area contributed by atoms with Crippen molar-refractivity contribution in [3.8, 4) is 28.6 Å². The second kappa shape index (κ2) is 20.4. The smallest absolute Gasteiger partial charge is 0.411 e. The Morgan fingerprint density at radius 1 is 0.880 bits per heavy atom. The lowest BCUT2D eigenvalue weighted by Crippen LogP contribution is -2.57. The third kappa shape index (κ3) is 9.83. The molecule has 3 saturated heterocycles. The van der Waals surface area contributed by atoms with Crippen molar-refractivity contribution in [2.75, 3.05) is 37.7 Å². The SMILES string of the molecule is CC(C)[Si](C#Cc1c(F)ccc2cc(N=C(c3ccccc3)c3ccccc3)cc(-c3c(Cl)cc4c(N5CC6C=CC(C5)N6C(=O)OC(C)(C)C)nc(OC[C@@]56CCCN5C[C@H](F)C6)nc4c3F)c12)(C(C)C)C(C)C. The number of carbonyl (C=O) groups is 1. The van der Waals surface area contributed by atoms with Crippen molar-refractivity contribution in [2.45, 2.75) is 128 Å². The number of carbonyl (C=O) groups excluding carboxylic acids is 1. The number of nitrogens with zero attached hydrogens (tertiary/aromatic N) is 6. The van der Waals surface area contributed by atoms with E-state index in [1.165, 1.54) is 6.07 Å². The molecule has 0 spiro atoms. The van der Waals surface area contributed by atoms with E-state index in [-0.39, 0.29) is 63.0 Å². The number of hydrogen-bond donors (Lipinski definition) is 0. The van der Waals surface area contributed by atoms with Crippen LogP contribution in [0.4, 0.5) is 29.5 Å². The fourth-order valence-corrected chi connectivity index (χ4v) is 18.2. The van der Waals surface area contributed by atoms with Gasteiger partial charge in [0.25, 0.3) is 0 Å². The molecule has 390 valence electrons. The summed E-state index contributed by atoms with van der Waals surface area (Å²) in [5.74, 6) is 2.48. The molecule has 0 aliphatic carbocycles. The first kappa shape index (κ1) is 52.2. The summed E-state index contributed by atoms with van der Waals surface area (Å²) >= 11 is 7.50. The monoisotopic (exact) mass is 1050 g/mol. The first-order valence-corrected chi connectivity index (χ1v) is 29.0. The standard InChI is InChI=1S/C61H66ClF3N6O3Si/c1-37(2)75(38(3)4,39(5)6)28-25-47-51(64)24-21-42-29-44(66-55(40-17-12-10-13-18-40)41-19-14-11-15-20-41)30-48(52(42)47)53-50(62)31-49-56(54(53)65)67-58(73-36-61-26-16-27-70(61)33-43(63)32-61)68-57(49)69-34-45-22-23-46(35-69)71(45)59(72)74-60(7,8)9/h10-15,17-24,29-31,37-39,43,45-46H,16,26-27,32-36H2,1-9H3/t43-,45?,46?,61+/m1/s1. The predicted octanol–water partition coefficient (Wildman–Crippen LogP) is 14.4. The molecule has 75 heavy (non-hydrogen) atoms. The molecule has 0 radical (unpaired) electrons. The maximum Gasteiger partial charge on any atom is 0.411 e. The van der Waals surface area contributed by atoms with Gasteiger partial charge >= 0.3 is 12.1 Å². The van der Waals surface area contributed by atoms with Crippen LogP contribution in [0.3, 0.4) is 0 Å². The van der Waals surface area contributed by atoms with E-state index in [4.69, 9.17) is 36.0 Å². The molecule has 6 aromatic rings. The summed E-state index contributed by atoms with van der Waals surface area (Å²) in [6, 6.07) is 27.3. The summed E-state index contributed by atoms with van der Waals surface area (Å²) in [5, 5.41) is 1.36. The zero-order chi connectivity index (χ0) is 53.1. The third-order valence-electron chi connectivity index (χ3n) is 16.0. The Morgan fingerprint density at radius 2 is 1.52 bits per heavy atom. The third-order valence-corrected chi connectivity index (χ3v) is 22.6. The number of aliphatic imine (C=N–C) groups is 1. The molecular weight excluding hydrogens is 985 g/mol. The van der Waals surface area contributed by atoms with Crippen LogP contribution in [0.15, 0.2) is 108 Å². The fourth-order valence-electron chi connectivity index (χ4n) is 12.7. The molecular formula is C61H66ClF3N6O3Si. The molecule has 2 unspecified atom stereocenters. The van der Waals surface area contributed by atoms with Gasteiger partial charge < -0.3 is 14.4 Å². The van der Waals surface area contributed by atoms with E-state index in [1.807, 2.05) is 105 Å². The number of hydrogen-bond acceptors (Lipinski definition) is 8. The van der Waals surface area contributed by atoms with Crippen molar-refractivity contribution in [3.63, 3.8) is 0 Å². The van der Waals surface area contributed by atoms with Gasteiger partial charge in [0.1, 0.15) is 43.6 Å². The number of halogens is 4. The number of benzene rings is 5. The van der Waals surface area contributed by atoms with E-state index in [0.29, 0.717) is 65.0 Å². The summed E-state index contributed by atoms with van der Waals surface area (Å²) in [4.78, 5) is 34.6. The van der Waals surface area contributed by atoms with Gasteiger partial charge in [0.05, 0.1) is 39.6 Å². The van der Waals surface area contributed by atoms with Crippen molar-refractivity contribution in [2.24, 2.45) is 4.99 Å². The van der Waals surface area contributed by atoms with Gasteiger partial charge in [-0.25, -0.2) is 23.0 Å². The number of ether oxygens (including phenoxy) is 2. The number of amides is 1. The van der Waals surface area contributed by atoms with Crippen LogP contribution in [0.1, 0.15) is 98.3 Å². The molecule has 2 bridgehead atoms. The van der Waals surface area contributed by atoms with Gasteiger partial charge in [0, 0.05) is 53.5 Å². The van der Waals surface area contributed by atoms with Crippen LogP contribution in [-0.2, 0) is 4.74 Å². The van der Waals surface area contributed by atoms with Crippen molar-refractivity contribution in [1.82, 2.24) is 19.8 Å². The van der Waals surface area contributed by atoms with E-state index in [1.54, 1.807) is 23.1 Å². The Bertz CT molecular complexity index is 3220. The van der Waals surface area contributed by atoms with Gasteiger partial charge in [-0.2, -0.15) is 9.97 Å². The van der Waals surface area contributed by atoms with E-state index in [9.17, 15) is 4.79 Å². The average molecular weight is 1050 g/mol. The summed E-state index contributed by atoms with van der Waals surface area (Å²) < 4.78 is 63.0. The van der Waals surface area contributed by atoms with Crippen molar-refractivity contribution < 1.29 is 27.4 Å². The lowest BCUT2D eigenvalue weighted by Gasteiger charge is -2.42. The Labute approximate surface area is 445 Å². The summed E-state index contributed by atoms with van der Waals surface area (Å²) in [6.07, 6.45) is 4.54. The average Bonchev–Trinajstić information content (AvgIpc) is 3.99. The summed E-state index contributed by atoms with van der Waals surface area (Å²) in [7, 11) is -2.41. The summed E-state index contributed by atoms with van der Waals surface area (Å²) in [6.45, 7) is 20.6. The number of piperazine rings is 1. The molecule has 9 nitrogen and oxygen atoms in total. The number of aromatic nitrogens is 2. The largest absolute Gasteiger partial charge is 0.461 e. The number of rotatable bonds is 11. The quantitative estimate of drug-likeness (QED) is 0.0553. The molecule has 14 heteroatoms. The van der Waals surface area contributed by atoms with Crippen molar-refractivity contribution in [1.29, 1.82) is 0 Å². The van der Waals surface area contributed by atoms with Gasteiger partial charge in [-0.1, -0.05) is 138 Å². The number of fused-ring (bicyclic) bond motifs is 5. The first-order chi connectivity index (χ1) is 35.8. The van der Waals surface area contributed by atoms with Crippen LogP contribution in [-0.4, -0.2) is 102 Å². The Balaban J connectivity index is 1.20. The van der Waals surface area contributed by atoms with Crippen LogP contribution in [0.25, 0.3) is 32.8 Å². The van der Waals surface area contributed by atoms with Gasteiger partial charge in [-0.05, 0) is 92.0 Å². The predicted molar refractivity (Wildman–Crippen MR) is 299 cm³/mol. The number of anilines is 1. The Hall–Kier alpha value is -6.20. The lowest BCUT2D eigenvalue weighted by molar-refractivity contribution is 0.0146. The van der Waals surface area contributed by atoms with Gasteiger partial charge in [-0.3, -0.25) is 9.80 Å². The lowest BCUT2D eigenvalue weighted by atomic mass is 9.92. The van der Waals surface area contributed by atoms with E-state index in [0.717, 1.165) is 30.5 Å². The van der Waals surface area contributed by atoms with Crippen LogP contribution in [0.5, 0.6) is 6.01 Å². The molecule has 5 heterocycles. The minimum absolute atomic E-state index is 0.00960. The molecule has 4 aliphatic rings. The van der Waals surface area contributed by atoms with Crippen molar-refractivity contribution >= 4 is 64.7 Å². The minimum Gasteiger partial charge on any atom is -0.461 e. The van der Waals surface area contributed by atoms with E-state index in [2.05, 4.69) is 57.9 Å². The maximum atomic E-state index is 18.7. The topological polar surface area (TPSA) is 83.4 Å². The highest BCUT2D eigenvalue weighted by Crippen LogP contribution is 2.47. The maximum absolute atomic E-state index is 18.7. The van der Waals surface area contributed by atoms with Gasteiger partial charge in [0.15, 0.2) is 5.82 Å². The fraction of sp³-hybridized carbons (Fsp3) is 0.410. The van der Waals surface area contributed by atoms with Crippen molar-refractivity contribution in [3.05, 3.63) is 136 Å².